The van der Waals surface area contributed by atoms with Crippen LogP contribution in [0, 0.1) is 3.57 Å². The van der Waals surface area contributed by atoms with Crippen molar-refractivity contribution in [1.82, 2.24) is 20.4 Å². The second kappa shape index (κ2) is 6.72. The van der Waals surface area contributed by atoms with E-state index in [1.165, 1.54) is 0 Å². The fourth-order valence-corrected chi connectivity index (χ4v) is 3.32. The van der Waals surface area contributed by atoms with Crippen LogP contribution in [0.15, 0.2) is 27.2 Å². The molecule has 1 aromatic carbocycles. The van der Waals surface area contributed by atoms with E-state index in [1.807, 2.05) is 18.2 Å². The Morgan fingerprint density at radius 2 is 2.14 bits per heavy atom. The molecular formula is C14H16BrIN4O. The molecule has 3 rings (SSSR count). The van der Waals surface area contributed by atoms with Crippen LogP contribution >= 0.6 is 38.5 Å². The van der Waals surface area contributed by atoms with Crippen LogP contribution in [0.4, 0.5) is 0 Å². The van der Waals surface area contributed by atoms with Crippen LogP contribution in [0.3, 0.4) is 0 Å². The van der Waals surface area contributed by atoms with Crippen LogP contribution in [0.25, 0.3) is 11.5 Å². The summed E-state index contributed by atoms with van der Waals surface area (Å²) in [6.07, 6.45) is 0. The lowest BCUT2D eigenvalue weighted by molar-refractivity contribution is 0.176. The molecule has 1 saturated heterocycles. The van der Waals surface area contributed by atoms with Gasteiger partial charge in [-0.1, -0.05) is 5.16 Å². The molecule has 0 amide bonds. The number of benzene rings is 1. The number of nitrogens with one attached hydrogen (secondary N) is 1. The Kier molecular flexibility index (Phi) is 4.92. The van der Waals surface area contributed by atoms with Crippen LogP contribution in [0.2, 0.25) is 0 Å². The Balaban J connectivity index is 1.84. The summed E-state index contributed by atoms with van der Waals surface area (Å²) in [7, 11) is 0. The molecule has 21 heavy (non-hydrogen) atoms. The zero-order valence-corrected chi connectivity index (χ0v) is 15.4. The van der Waals surface area contributed by atoms with Crippen LogP contribution in [0.5, 0.6) is 0 Å². The number of nitrogens with zero attached hydrogens (tertiary/aromatic N) is 3. The Morgan fingerprint density at radius 3 is 2.90 bits per heavy atom. The van der Waals surface area contributed by atoms with E-state index >= 15 is 0 Å². The molecule has 0 spiro atoms. The average Bonchev–Trinajstić information content (AvgIpc) is 2.99. The van der Waals surface area contributed by atoms with Crippen LogP contribution in [-0.2, 0) is 0 Å². The van der Waals surface area contributed by atoms with Gasteiger partial charge in [-0.3, -0.25) is 4.90 Å². The number of piperazine rings is 1. The molecule has 2 aromatic rings. The van der Waals surface area contributed by atoms with Crippen molar-refractivity contribution in [3.05, 3.63) is 32.1 Å². The first-order chi connectivity index (χ1) is 10.1. The van der Waals surface area contributed by atoms with Gasteiger partial charge in [0.15, 0.2) is 5.82 Å². The van der Waals surface area contributed by atoms with Crippen molar-refractivity contribution in [2.45, 2.75) is 13.0 Å². The molecule has 0 bridgehead atoms. The quantitative estimate of drug-likeness (QED) is 0.710. The third-order valence-electron chi connectivity index (χ3n) is 3.67. The van der Waals surface area contributed by atoms with Crippen molar-refractivity contribution in [2.75, 3.05) is 26.2 Å². The molecule has 1 atom stereocenters. The van der Waals surface area contributed by atoms with E-state index in [0.717, 1.165) is 45.6 Å². The van der Waals surface area contributed by atoms with Crippen molar-refractivity contribution >= 4 is 38.5 Å². The molecule has 1 N–H and O–H groups in total. The summed E-state index contributed by atoms with van der Waals surface area (Å²) in [6, 6.07) is 6.25. The molecule has 2 heterocycles. The van der Waals surface area contributed by atoms with Crippen LogP contribution in [-0.4, -0.2) is 41.2 Å². The van der Waals surface area contributed by atoms with Crippen molar-refractivity contribution in [3.8, 4) is 11.5 Å². The van der Waals surface area contributed by atoms with Gasteiger partial charge in [-0.25, -0.2) is 0 Å². The van der Waals surface area contributed by atoms with E-state index in [-0.39, 0.29) is 6.04 Å². The summed E-state index contributed by atoms with van der Waals surface area (Å²) >= 11 is 5.82. The molecule has 5 nitrogen and oxygen atoms in total. The third-order valence-corrected chi connectivity index (χ3v) is 5.04. The SMILES string of the molecule is CC(c1noc(-c2cc(I)ccc2Br)n1)N1CCNCC1. The molecule has 7 heteroatoms. The van der Waals surface area contributed by atoms with Gasteiger partial charge in [0.05, 0.1) is 11.6 Å². The molecular weight excluding hydrogens is 447 g/mol. The molecule has 0 saturated carbocycles. The highest BCUT2D eigenvalue weighted by Gasteiger charge is 2.23. The fourth-order valence-electron chi connectivity index (χ4n) is 2.41. The summed E-state index contributed by atoms with van der Waals surface area (Å²) in [5.74, 6) is 1.31. The van der Waals surface area contributed by atoms with E-state index in [0.29, 0.717) is 5.89 Å². The number of hydrogen-bond donors (Lipinski definition) is 1. The summed E-state index contributed by atoms with van der Waals surface area (Å²) in [5.41, 5.74) is 0.938. The highest BCUT2D eigenvalue weighted by molar-refractivity contribution is 14.1. The van der Waals surface area contributed by atoms with E-state index in [9.17, 15) is 0 Å². The lowest BCUT2D eigenvalue weighted by atomic mass is 10.2. The highest BCUT2D eigenvalue weighted by Crippen LogP contribution is 2.30. The summed E-state index contributed by atoms with van der Waals surface area (Å²) in [4.78, 5) is 6.95. The molecule has 0 radical (unpaired) electrons. The molecule has 1 aromatic heterocycles. The fraction of sp³-hybridized carbons (Fsp3) is 0.429. The maximum atomic E-state index is 5.46. The Bertz CT molecular complexity index is 627. The standard InChI is InChI=1S/C14H16BrIN4O/c1-9(20-6-4-17-5-7-20)13-18-14(21-19-13)11-8-10(16)2-3-12(11)15/h2-3,8-9,17H,4-7H2,1H3. The summed E-state index contributed by atoms with van der Waals surface area (Å²) in [6.45, 7) is 6.18. The zero-order chi connectivity index (χ0) is 14.8. The normalized spacial score (nSPS) is 17.9. The predicted molar refractivity (Wildman–Crippen MR) is 93.0 cm³/mol. The second-order valence-electron chi connectivity index (χ2n) is 5.04. The third kappa shape index (κ3) is 3.46. The van der Waals surface area contributed by atoms with E-state index in [1.54, 1.807) is 0 Å². The number of halogens is 2. The van der Waals surface area contributed by atoms with E-state index < -0.39 is 0 Å². The lowest BCUT2D eigenvalue weighted by Crippen LogP contribution is -2.44. The van der Waals surface area contributed by atoms with Gasteiger partial charge in [-0.2, -0.15) is 4.98 Å². The minimum atomic E-state index is 0.172. The summed E-state index contributed by atoms with van der Waals surface area (Å²) < 4.78 is 7.57. The van der Waals surface area contributed by atoms with Gasteiger partial charge in [0.2, 0.25) is 0 Å². The highest BCUT2D eigenvalue weighted by atomic mass is 127. The topological polar surface area (TPSA) is 54.2 Å². The second-order valence-corrected chi connectivity index (χ2v) is 7.14. The molecule has 1 aliphatic heterocycles. The Hall–Kier alpha value is -0.510. The maximum Gasteiger partial charge on any atom is 0.259 e. The smallest absolute Gasteiger partial charge is 0.259 e. The zero-order valence-electron chi connectivity index (χ0n) is 11.6. The molecule has 0 aliphatic carbocycles. The number of rotatable bonds is 3. The van der Waals surface area contributed by atoms with Crippen LogP contribution in [0.1, 0.15) is 18.8 Å². The Morgan fingerprint density at radius 1 is 1.38 bits per heavy atom. The first kappa shape index (κ1) is 15.4. The van der Waals surface area contributed by atoms with Crippen molar-refractivity contribution < 1.29 is 4.52 Å². The molecule has 1 aliphatic rings. The summed E-state index contributed by atoms with van der Waals surface area (Å²) in [5, 5.41) is 7.52. The minimum Gasteiger partial charge on any atom is -0.334 e. The van der Waals surface area contributed by atoms with Gasteiger partial charge in [0, 0.05) is 34.2 Å². The first-order valence-electron chi connectivity index (χ1n) is 6.89. The van der Waals surface area contributed by atoms with Gasteiger partial charge in [0.1, 0.15) is 0 Å². The lowest BCUT2D eigenvalue weighted by Gasteiger charge is -2.30. The van der Waals surface area contributed by atoms with Gasteiger partial charge < -0.3 is 9.84 Å². The van der Waals surface area contributed by atoms with Gasteiger partial charge in [-0.05, 0) is 63.6 Å². The number of hydrogen-bond acceptors (Lipinski definition) is 5. The maximum absolute atomic E-state index is 5.46. The van der Waals surface area contributed by atoms with Gasteiger partial charge in [0.25, 0.3) is 5.89 Å². The molecule has 1 fully saturated rings. The molecule has 112 valence electrons. The monoisotopic (exact) mass is 462 g/mol. The van der Waals surface area contributed by atoms with Gasteiger partial charge >= 0.3 is 0 Å². The van der Waals surface area contributed by atoms with Crippen molar-refractivity contribution in [1.29, 1.82) is 0 Å². The average molecular weight is 463 g/mol. The van der Waals surface area contributed by atoms with Gasteiger partial charge in [-0.15, -0.1) is 0 Å². The van der Waals surface area contributed by atoms with Crippen LogP contribution < -0.4 is 5.32 Å². The minimum absolute atomic E-state index is 0.172. The van der Waals surface area contributed by atoms with E-state index in [2.05, 4.69) is 65.8 Å². The van der Waals surface area contributed by atoms with Crippen molar-refractivity contribution in [3.63, 3.8) is 0 Å². The first-order valence-corrected chi connectivity index (χ1v) is 8.76. The Labute approximate surface area is 145 Å². The largest absolute Gasteiger partial charge is 0.334 e. The molecule has 1 unspecified atom stereocenters. The van der Waals surface area contributed by atoms with E-state index in [4.69, 9.17) is 4.52 Å². The number of aromatic nitrogens is 2. The predicted octanol–water partition coefficient (Wildman–Crippen LogP) is 3.07. The van der Waals surface area contributed by atoms with Crippen molar-refractivity contribution in [2.24, 2.45) is 0 Å².